The molecule has 1 aliphatic rings. The highest BCUT2D eigenvalue weighted by molar-refractivity contribution is 5.80. The quantitative estimate of drug-likeness (QED) is 0.926. The van der Waals surface area contributed by atoms with Crippen LogP contribution in [-0.4, -0.2) is 23.6 Å². The van der Waals surface area contributed by atoms with Gasteiger partial charge in [0.15, 0.2) is 5.76 Å². The second kappa shape index (κ2) is 5.88. The van der Waals surface area contributed by atoms with E-state index in [2.05, 4.69) is 10.3 Å². The minimum atomic E-state index is -0.321. The van der Waals surface area contributed by atoms with Gasteiger partial charge in [0.05, 0.1) is 12.7 Å². The van der Waals surface area contributed by atoms with Crippen molar-refractivity contribution in [3.8, 4) is 11.3 Å². The standard InChI is InChI=1S/C15H16N2O3/c18-15(12-7-4-8-19-12)17-10-14-16-9-13(20-14)11-5-2-1-3-6-11/h1-3,5-6,9,12H,4,7-8,10H2,(H,17,18)/t12-/m1/s1. The van der Waals surface area contributed by atoms with Crippen LogP contribution in [0.4, 0.5) is 0 Å². The summed E-state index contributed by atoms with van der Waals surface area (Å²) in [4.78, 5) is 16.0. The minimum Gasteiger partial charge on any atom is -0.439 e. The topological polar surface area (TPSA) is 64.4 Å². The molecule has 5 nitrogen and oxygen atoms in total. The number of nitrogens with one attached hydrogen (secondary N) is 1. The second-order valence-corrected chi connectivity index (χ2v) is 4.70. The van der Waals surface area contributed by atoms with E-state index in [1.54, 1.807) is 6.20 Å². The van der Waals surface area contributed by atoms with Crippen molar-refractivity contribution in [2.45, 2.75) is 25.5 Å². The van der Waals surface area contributed by atoms with Crippen LogP contribution < -0.4 is 5.32 Å². The number of hydrogen-bond donors (Lipinski definition) is 1. The maximum absolute atomic E-state index is 11.8. The Morgan fingerprint density at radius 3 is 2.95 bits per heavy atom. The second-order valence-electron chi connectivity index (χ2n) is 4.70. The van der Waals surface area contributed by atoms with Crippen LogP contribution >= 0.6 is 0 Å². The Balaban J connectivity index is 1.59. The van der Waals surface area contributed by atoms with E-state index in [4.69, 9.17) is 9.15 Å². The van der Waals surface area contributed by atoms with Crippen LogP contribution in [0.5, 0.6) is 0 Å². The number of benzene rings is 1. The van der Waals surface area contributed by atoms with Crippen molar-refractivity contribution < 1.29 is 13.9 Å². The first kappa shape index (κ1) is 12.9. The molecule has 2 aromatic rings. The number of rotatable bonds is 4. The maximum Gasteiger partial charge on any atom is 0.249 e. The summed E-state index contributed by atoms with van der Waals surface area (Å²) in [5, 5.41) is 2.79. The fourth-order valence-corrected chi connectivity index (χ4v) is 2.19. The van der Waals surface area contributed by atoms with Gasteiger partial charge in [0, 0.05) is 12.2 Å². The van der Waals surface area contributed by atoms with E-state index in [1.807, 2.05) is 30.3 Å². The summed E-state index contributed by atoms with van der Waals surface area (Å²) in [6.07, 6.45) is 3.07. The molecule has 1 aliphatic heterocycles. The van der Waals surface area contributed by atoms with Gasteiger partial charge in [-0.2, -0.15) is 0 Å². The van der Waals surface area contributed by atoms with Gasteiger partial charge in [-0.1, -0.05) is 30.3 Å². The van der Waals surface area contributed by atoms with Gasteiger partial charge < -0.3 is 14.5 Å². The van der Waals surface area contributed by atoms with E-state index in [0.717, 1.165) is 18.4 Å². The number of amides is 1. The van der Waals surface area contributed by atoms with Gasteiger partial charge in [-0.05, 0) is 12.8 Å². The Morgan fingerprint density at radius 1 is 1.35 bits per heavy atom. The number of carbonyl (C=O) groups excluding carboxylic acids is 1. The summed E-state index contributed by atoms with van der Waals surface area (Å²) in [6, 6.07) is 9.74. The van der Waals surface area contributed by atoms with Crippen LogP contribution in [0.15, 0.2) is 40.9 Å². The first-order valence-electron chi connectivity index (χ1n) is 6.72. The van der Waals surface area contributed by atoms with Crippen molar-refractivity contribution in [3.63, 3.8) is 0 Å². The zero-order valence-corrected chi connectivity index (χ0v) is 11.0. The number of nitrogens with zero attached hydrogens (tertiary/aromatic N) is 1. The highest BCUT2D eigenvalue weighted by Gasteiger charge is 2.23. The molecule has 2 heterocycles. The number of aromatic nitrogens is 1. The number of hydrogen-bond acceptors (Lipinski definition) is 4. The number of carbonyl (C=O) groups is 1. The molecule has 1 atom stereocenters. The Morgan fingerprint density at radius 2 is 2.20 bits per heavy atom. The lowest BCUT2D eigenvalue weighted by molar-refractivity contribution is -0.130. The SMILES string of the molecule is O=C(NCc1ncc(-c2ccccc2)o1)[C@H]1CCCO1. The molecule has 20 heavy (non-hydrogen) atoms. The first-order valence-corrected chi connectivity index (χ1v) is 6.72. The summed E-state index contributed by atoms with van der Waals surface area (Å²) < 4.78 is 10.9. The molecule has 104 valence electrons. The minimum absolute atomic E-state index is 0.0954. The Bertz CT molecular complexity index is 574. The number of ether oxygens (including phenoxy) is 1. The average Bonchev–Trinajstić information content (AvgIpc) is 3.17. The molecule has 0 bridgehead atoms. The molecule has 1 amide bonds. The molecule has 1 aromatic heterocycles. The molecule has 0 radical (unpaired) electrons. The third-order valence-corrected chi connectivity index (χ3v) is 3.25. The van der Waals surface area contributed by atoms with Gasteiger partial charge in [-0.25, -0.2) is 4.98 Å². The Kier molecular flexibility index (Phi) is 3.78. The molecule has 0 saturated carbocycles. The lowest BCUT2D eigenvalue weighted by atomic mass is 10.2. The fraction of sp³-hybridized carbons (Fsp3) is 0.333. The molecule has 1 saturated heterocycles. The molecular formula is C15H16N2O3. The van der Waals surface area contributed by atoms with Gasteiger partial charge in [-0.15, -0.1) is 0 Å². The van der Waals surface area contributed by atoms with E-state index < -0.39 is 0 Å². The van der Waals surface area contributed by atoms with E-state index >= 15 is 0 Å². The average molecular weight is 272 g/mol. The largest absolute Gasteiger partial charge is 0.439 e. The summed E-state index contributed by atoms with van der Waals surface area (Å²) in [5.41, 5.74) is 0.969. The van der Waals surface area contributed by atoms with Crippen LogP contribution in [0.3, 0.4) is 0 Å². The molecule has 1 fully saturated rings. The Labute approximate surface area is 117 Å². The van der Waals surface area contributed by atoms with Crippen molar-refractivity contribution >= 4 is 5.91 Å². The van der Waals surface area contributed by atoms with E-state index in [0.29, 0.717) is 18.3 Å². The molecule has 3 rings (SSSR count). The van der Waals surface area contributed by atoms with Crippen LogP contribution in [0, 0.1) is 0 Å². The molecular weight excluding hydrogens is 256 g/mol. The van der Waals surface area contributed by atoms with E-state index in [-0.39, 0.29) is 18.6 Å². The van der Waals surface area contributed by atoms with Gasteiger partial charge in [0.2, 0.25) is 11.8 Å². The third kappa shape index (κ3) is 2.88. The predicted molar refractivity (Wildman–Crippen MR) is 72.8 cm³/mol. The Hall–Kier alpha value is -2.14. The smallest absolute Gasteiger partial charge is 0.249 e. The third-order valence-electron chi connectivity index (χ3n) is 3.25. The summed E-state index contributed by atoms with van der Waals surface area (Å²) in [6.45, 7) is 0.945. The first-order chi connectivity index (χ1) is 9.83. The van der Waals surface area contributed by atoms with Crippen LogP contribution in [0.25, 0.3) is 11.3 Å². The molecule has 0 aliphatic carbocycles. The van der Waals surface area contributed by atoms with Crippen LogP contribution in [0.2, 0.25) is 0 Å². The maximum atomic E-state index is 11.8. The normalized spacial score (nSPS) is 18.1. The van der Waals surface area contributed by atoms with E-state index in [1.165, 1.54) is 0 Å². The van der Waals surface area contributed by atoms with Crippen LogP contribution in [-0.2, 0) is 16.1 Å². The van der Waals surface area contributed by atoms with Gasteiger partial charge >= 0.3 is 0 Å². The summed E-state index contributed by atoms with van der Waals surface area (Å²) >= 11 is 0. The molecule has 5 heteroatoms. The highest BCUT2D eigenvalue weighted by atomic mass is 16.5. The van der Waals surface area contributed by atoms with Crippen molar-refractivity contribution in [1.29, 1.82) is 0 Å². The van der Waals surface area contributed by atoms with Crippen molar-refractivity contribution in [1.82, 2.24) is 10.3 Å². The fourth-order valence-electron chi connectivity index (χ4n) is 2.19. The van der Waals surface area contributed by atoms with Gasteiger partial charge in [-0.3, -0.25) is 4.79 Å². The molecule has 1 N–H and O–H groups in total. The van der Waals surface area contributed by atoms with Crippen molar-refractivity contribution in [2.75, 3.05) is 6.61 Å². The summed E-state index contributed by atoms with van der Waals surface area (Å²) in [7, 11) is 0. The lowest BCUT2D eigenvalue weighted by Crippen LogP contribution is -2.33. The zero-order valence-electron chi connectivity index (χ0n) is 11.0. The van der Waals surface area contributed by atoms with Gasteiger partial charge in [0.1, 0.15) is 6.10 Å². The lowest BCUT2D eigenvalue weighted by Gasteiger charge is -2.08. The molecule has 0 unspecified atom stereocenters. The monoisotopic (exact) mass is 272 g/mol. The molecule has 0 spiro atoms. The number of oxazole rings is 1. The summed E-state index contributed by atoms with van der Waals surface area (Å²) in [5.74, 6) is 1.10. The predicted octanol–water partition coefficient (Wildman–Crippen LogP) is 2.14. The van der Waals surface area contributed by atoms with Crippen molar-refractivity contribution in [2.24, 2.45) is 0 Å². The zero-order chi connectivity index (χ0) is 13.8. The van der Waals surface area contributed by atoms with E-state index in [9.17, 15) is 4.79 Å². The highest BCUT2D eigenvalue weighted by Crippen LogP contribution is 2.19. The van der Waals surface area contributed by atoms with Crippen LogP contribution in [0.1, 0.15) is 18.7 Å². The van der Waals surface area contributed by atoms with Crippen molar-refractivity contribution in [3.05, 3.63) is 42.4 Å². The molecule has 1 aromatic carbocycles. The van der Waals surface area contributed by atoms with Gasteiger partial charge in [0.25, 0.3) is 0 Å².